The smallest absolute Gasteiger partial charge is 0.207 e. The van der Waals surface area contributed by atoms with Gasteiger partial charge in [0.15, 0.2) is 0 Å². The van der Waals surface area contributed by atoms with Crippen LogP contribution >= 0.6 is 46.4 Å². The van der Waals surface area contributed by atoms with Gasteiger partial charge in [-0.2, -0.15) is 0 Å². The maximum absolute atomic E-state index is 12.1. The van der Waals surface area contributed by atoms with E-state index in [4.69, 9.17) is 46.4 Å². The lowest BCUT2D eigenvalue weighted by atomic mass is 10.2. The first-order valence-electron chi connectivity index (χ1n) is 5.12. The Morgan fingerprint density at radius 1 is 1.26 bits per heavy atom. The number of hydrogen-bond acceptors (Lipinski definition) is 2. The monoisotopic (exact) mass is 361 g/mol. The molecule has 0 saturated carbocycles. The molecule has 0 radical (unpaired) electrons. The molecule has 0 amide bonds. The highest BCUT2D eigenvalue weighted by molar-refractivity contribution is 7.89. The molecule has 1 unspecified atom stereocenters. The molecule has 0 saturated heterocycles. The second-order valence-electron chi connectivity index (χ2n) is 3.69. The summed E-state index contributed by atoms with van der Waals surface area (Å²) in [6.07, 6.45) is 1.65. The molecule has 1 aromatic rings. The van der Waals surface area contributed by atoms with Crippen LogP contribution in [0.2, 0.25) is 5.02 Å². The van der Waals surface area contributed by atoms with E-state index in [0.29, 0.717) is 5.02 Å². The summed E-state index contributed by atoms with van der Waals surface area (Å²) in [4.78, 5) is 0.0419. The van der Waals surface area contributed by atoms with Crippen LogP contribution in [0.3, 0.4) is 0 Å². The Balaban J connectivity index is 3.00. The van der Waals surface area contributed by atoms with Gasteiger partial charge in [-0.05, 0) is 30.7 Å². The lowest BCUT2D eigenvalue weighted by molar-refractivity contribution is 0.551. The molecular formula is C11H11Cl4NO2S. The molecule has 1 atom stereocenters. The van der Waals surface area contributed by atoms with Crippen molar-refractivity contribution in [3.05, 3.63) is 41.9 Å². The fourth-order valence-electron chi connectivity index (χ4n) is 1.28. The summed E-state index contributed by atoms with van der Waals surface area (Å²) >= 11 is 22.9. The molecule has 106 valence electrons. The van der Waals surface area contributed by atoms with E-state index in [-0.39, 0.29) is 11.3 Å². The molecule has 0 bridgehead atoms. The number of halogens is 4. The van der Waals surface area contributed by atoms with Gasteiger partial charge < -0.3 is 0 Å². The first-order valence-corrected chi connectivity index (χ1v) is 8.12. The molecule has 1 rings (SSSR count). The van der Waals surface area contributed by atoms with Gasteiger partial charge in [0.25, 0.3) is 0 Å². The molecule has 1 aromatic carbocycles. The fraction of sp³-hybridized carbons (Fsp3) is 0.273. The van der Waals surface area contributed by atoms with Gasteiger partial charge in [0, 0.05) is 5.02 Å². The van der Waals surface area contributed by atoms with Crippen molar-refractivity contribution in [2.24, 2.45) is 0 Å². The third kappa shape index (κ3) is 5.14. The van der Waals surface area contributed by atoms with Crippen LogP contribution in [0.15, 0.2) is 41.8 Å². The third-order valence-corrected chi connectivity index (χ3v) is 4.75. The zero-order valence-corrected chi connectivity index (χ0v) is 13.5. The van der Waals surface area contributed by atoms with Crippen LogP contribution < -0.4 is 4.72 Å². The quantitative estimate of drug-likeness (QED) is 0.637. The van der Waals surface area contributed by atoms with Crippen molar-refractivity contribution in [1.82, 2.24) is 4.72 Å². The molecule has 0 aliphatic carbocycles. The standard InChI is InChI=1S/C11H11Cl4NO2S/c1-2-3-10(11(13,14)15)16-19(17,18)9-6-4-8(12)5-7-9/h2,4-7,10,16H,1,3H2. The Kier molecular flexibility index (Phi) is 5.98. The van der Waals surface area contributed by atoms with Crippen LogP contribution in [-0.4, -0.2) is 18.3 Å². The molecule has 0 aromatic heterocycles. The minimum Gasteiger partial charge on any atom is -0.207 e. The molecule has 0 spiro atoms. The summed E-state index contributed by atoms with van der Waals surface area (Å²) in [5, 5.41) is 0.433. The number of rotatable bonds is 5. The molecule has 0 aliphatic heterocycles. The lowest BCUT2D eigenvalue weighted by Gasteiger charge is -2.24. The summed E-state index contributed by atoms with van der Waals surface area (Å²) in [7, 11) is -3.79. The van der Waals surface area contributed by atoms with Gasteiger partial charge in [-0.3, -0.25) is 0 Å². The van der Waals surface area contributed by atoms with Gasteiger partial charge >= 0.3 is 0 Å². The number of alkyl halides is 3. The Labute approximate surface area is 132 Å². The maximum atomic E-state index is 12.1. The highest BCUT2D eigenvalue weighted by atomic mass is 35.6. The van der Waals surface area contributed by atoms with E-state index in [1.165, 1.54) is 30.3 Å². The van der Waals surface area contributed by atoms with Crippen LogP contribution in [-0.2, 0) is 10.0 Å². The number of nitrogens with one attached hydrogen (secondary N) is 1. The first kappa shape index (κ1) is 17.1. The fourth-order valence-corrected chi connectivity index (χ4v) is 3.31. The molecular weight excluding hydrogens is 352 g/mol. The van der Waals surface area contributed by atoms with Crippen molar-refractivity contribution in [3.63, 3.8) is 0 Å². The van der Waals surface area contributed by atoms with Crippen LogP contribution in [0.4, 0.5) is 0 Å². The largest absolute Gasteiger partial charge is 0.240 e. The predicted molar refractivity (Wildman–Crippen MR) is 80.7 cm³/mol. The molecule has 19 heavy (non-hydrogen) atoms. The topological polar surface area (TPSA) is 46.2 Å². The normalized spacial score (nSPS) is 14.1. The third-order valence-electron chi connectivity index (χ3n) is 2.22. The van der Waals surface area contributed by atoms with Crippen molar-refractivity contribution in [2.75, 3.05) is 0 Å². The summed E-state index contributed by atoms with van der Waals surface area (Å²) < 4.78 is 24.8. The average molecular weight is 363 g/mol. The summed E-state index contributed by atoms with van der Waals surface area (Å²) in [5.74, 6) is 0. The second-order valence-corrected chi connectivity index (χ2v) is 8.21. The van der Waals surface area contributed by atoms with Crippen LogP contribution in [0, 0.1) is 0 Å². The molecule has 0 heterocycles. The van der Waals surface area contributed by atoms with E-state index >= 15 is 0 Å². The summed E-state index contributed by atoms with van der Waals surface area (Å²) in [6.45, 7) is 3.50. The zero-order valence-electron chi connectivity index (χ0n) is 9.61. The Bertz CT molecular complexity index is 537. The maximum Gasteiger partial charge on any atom is 0.240 e. The summed E-state index contributed by atoms with van der Waals surface area (Å²) in [5.41, 5.74) is 0. The molecule has 3 nitrogen and oxygen atoms in total. The highest BCUT2D eigenvalue weighted by Gasteiger charge is 2.35. The van der Waals surface area contributed by atoms with Gasteiger partial charge in [-0.25, -0.2) is 13.1 Å². The van der Waals surface area contributed by atoms with Crippen molar-refractivity contribution in [2.45, 2.75) is 21.2 Å². The zero-order chi connectivity index (χ0) is 14.7. The predicted octanol–water partition coefficient (Wildman–Crippen LogP) is 3.93. The summed E-state index contributed by atoms with van der Waals surface area (Å²) in [6, 6.07) is 4.76. The van der Waals surface area contributed by atoms with Crippen molar-refractivity contribution in [3.8, 4) is 0 Å². The SMILES string of the molecule is C=CCC(NS(=O)(=O)c1ccc(Cl)cc1)C(Cl)(Cl)Cl. The Morgan fingerprint density at radius 2 is 1.79 bits per heavy atom. The van der Waals surface area contributed by atoms with E-state index in [9.17, 15) is 8.42 Å². The van der Waals surface area contributed by atoms with Gasteiger partial charge in [-0.15, -0.1) is 6.58 Å². The van der Waals surface area contributed by atoms with Gasteiger partial charge in [0.1, 0.15) is 0 Å². The number of benzene rings is 1. The van der Waals surface area contributed by atoms with E-state index in [1.54, 1.807) is 0 Å². The van der Waals surface area contributed by atoms with E-state index in [0.717, 1.165) is 0 Å². The number of hydrogen-bond donors (Lipinski definition) is 1. The highest BCUT2D eigenvalue weighted by Crippen LogP contribution is 2.33. The van der Waals surface area contributed by atoms with Crippen LogP contribution in [0.1, 0.15) is 6.42 Å². The van der Waals surface area contributed by atoms with Crippen molar-refractivity contribution >= 4 is 56.4 Å². The average Bonchev–Trinajstić information content (AvgIpc) is 2.27. The lowest BCUT2D eigenvalue weighted by Crippen LogP contribution is -2.43. The van der Waals surface area contributed by atoms with Crippen molar-refractivity contribution in [1.29, 1.82) is 0 Å². The number of sulfonamides is 1. The van der Waals surface area contributed by atoms with Crippen LogP contribution in [0.25, 0.3) is 0 Å². The van der Waals surface area contributed by atoms with E-state index in [2.05, 4.69) is 11.3 Å². The van der Waals surface area contributed by atoms with Crippen molar-refractivity contribution < 1.29 is 8.42 Å². The minimum atomic E-state index is -3.79. The second kappa shape index (κ2) is 6.66. The van der Waals surface area contributed by atoms with Crippen LogP contribution in [0.5, 0.6) is 0 Å². The van der Waals surface area contributed by atoms with Gasteiger partial charge in [0.05, 0.1) is 10.9 Å². The van der Waals surface area contributed by atoms with Gasteiger partial charge in [-0.1, -0.05) is 52.5 Å². The van der Waals surface area contributed by atoms with E-state index in [1.807, 2.05) is 0 Å². The molecule has 8 heteroatoms. The van der Waals surface area contributed by atoms with E-state index < -0.39 is 19.9 Å². The Morgan fingerprint density at radius 3 is 2.21 bits per heavy atom. The molecule has 0 aliphatic rings. The first-order chi connectivity index (χ1) is 8.66. The molecule has 0 fully saturated rings. The molecule has 1 N–H and O–H groups in total. The minimum absolute atomic E-state index is 0.0419. The van der Waals surface area contributed by atoms with Gasteiger partial charge in [0.2, 0.25) is 13.8 Å². The Hall–Kier alpha value is 0.0300.